The third kappa shape index (κ3) is 2.57. The predicted molar refractivity (Wildman–Crippen MR) is 52.9 cm³/mol. The highest BCUT2D eigenvalue weighted by atomic mass is 16.3. The molecule has 0 amide bonds. The van der Waals surface area contributed by atoms with Crippen molar-refractivity contribution < 1.29 is 10.2 Å². The number of nitrogen functional groups attached to an aromatic ring is 1. The van der Waals surface area contributed by atoms with Crippen molar-refractivity contribution in [2.24, 2.45) is 0 Å². The molecule has 0 radical (unpaired) electrons. The fourth-order valence-corrected chi connectivity index (χ4v) is 1.06. The van der Waals surface area contributed by atoms with Crippen LogP contribution in [0.3, 0.4) is 0 Å². The summed E-state index contributed by atoms with van der Waals surface area (Å²) in [7, 11) is 0. The first kappa shape index (κ1) is 9.77. The lowest BCUT2D eigenvalue weighted by molar-refractivity contribution is 0.282. The molecule has 0 aliphatic rings. The molecule has 0 saturated carbocycles. The van der Waals surface area contributed by atoms with Crippen molar-refractivity contribution >= 4 is 11.8 Å². The van der Waals surface area contributed by atoms with Gasteiger partial charge in [0.1, 0.15) is 0 Å². The molecule has 1 aromatic carbocycles. The normalized spacial score (nSPS) is 10.9. The van der Waals surface area contributed by atoms with Gasteiger partial charge < -0.3 is 15.9 Å². The van der Waals surface area contributed by atoms with Crippen LogP contribution in [0.2, 0.25) is 0 Å². The molecule has 0 aromatic heterocycles. The van der Waals surface area contributed by atoms with Crippen molar-refractivity contribution in [2.75, 3.05) is 12.3 Å². The monoisotopic (exact) mass is 179 g/mol. The molecule has 0 spiro atoms. The molecule has 0 bridgehead atoms. The van der Waals surface area contributed by atoms with Gasteiger partial charge in [-0.05, 0) is 17.7 Å². The molecule has 0 atom stereocenters. The zero-order valence-corrected chi connectivity index (χ0v) is 7.27. The van der Waals surface area contributed by atoms with E-state index in [1.54, 1.807) is 24.3 Å². The van der Waals surface area contributed by atoms with Gasteiger partial charge in [-0.25, -0.2) is 0 Å². The minimum Gasteiger partial charge on any atom is -0.398 e. The second kappa shape index (κ2) is 4.64. The number of anilines is 1. The van der Waals surface area contributed by atoms with E-state index in [1.807, 2.05) is 6.07 Å². The summed E-state index contributed by atoms with van der Waals surface area (Å²) in [5, 5.41) is 17.5. The van der Waals surface area contributed by atoms with E-state index < -0.39 is 0 Å². The number of nitrogens with two attached hydrogens (primary N) is 1. The van der Waals surface area contributed by atoms with E-state index in [0.29, 0.717) is 11.3 Å². The standard InChI is InChI=1S/C10H13NO2/c11-10-4-3-8(2-1-5-12)6-9(10)7-13/h1-4,6,12-13H,5,7,11H2. The molecule has 0 fully saturated rings. The van der Waals surface area contributed by atoms with Gasteiger partial charge in [-0.15, -0.1) is 0 Å². The average molecular weight is 179 g/mol. The molecule has 0 aliphatic heterocycles. The SMILES string of the molecule is Nc1ccc(C=CCO)cc1CO. The van der Waals surface area contributed by atoms with Crippen molar-refractivity contribution in [3.63, 3.8) is 0 Å². The molecule has 1 aromatic rings. The predicted octanol–water partition coefficient (Wildman–Crippen LogP) is 0.767. The largest absolute Gasteiger partial charge is 0.398 e. The number of hydrogen-bond donors (Lipinski definition) is 3. The first-order valence-corrected chi connectivity index (χ1v) is 4.04. The van der Waals surface area contributed by atoms with Gasteiger partial charge in [-0.3, -0.25) is 0 Å². The fraction of sp³-hybridized carbons (Fsp3) is 0.200. The summed E-state index contributed by atoms with van der Waals surface area (Å²) in [6.07, 6.45) is 3.41. The lowest BCUT2D eigenvalue weighted by atomic mass is 10.1. The number of rotatable bonds is 3. The Labute approximate surface area is 77.1 Å². The van der Waals surface area contributed by atoms with Crippen LogP contribution in [0.25, 0.3) is 6.08 Å². The average Bonchev–Trinajstić information content (AvgIpc) is 2.16. The van der Waals surface area contributed by atoms with E-state index in [0.717, 1.165) is 5.56 Å². The summed E-state index contributed by atoms with van der Waals surface area (Å²) in [6, 6.07) is 5.37. The van der Waals surface area contributed by atoms with Gasteiger partial charge in [-0.2, -0.15) is 0 Å². The van der Waals surface area contributed by atoms with Crippen molar-refractivity contribution in [2.45, 2.75) is 6.61 Å². The molecule has 70 valence electrons. The van der Waals surface area contributed by atoms with Crippen LogP contribution >= 0.6 is 0 Å². The van der Waals surface area contributed by atoms with E-state index in [4.69, 9.17) is 15.9 Å². The Morgan fingerprint density at radius 1 is 1.31 bits per heavy atom. The van der Waals surface area contributed by atoms with Gasteiger partial charge in [-0.1, -0.05) is 18.2 Å². The van der Waals surface area contributed by atoms with Crippen molar-refractivity contribution in [3.8, 4) is 0 Å². The fourth-order valence-electron chi connectivity index (χ4n) is 1.06. The Balaban J connectivity index is 2.92. The van der Waals surface area contributed by atoms with E-state index >= 15 is 0 Å². The maximum absolute atomic E-state index is 8.91. The summed E-state index contributed by atoms with van der Waals surface area (Å²) in [5.74, 6) is 0. The third-order valence-electron chi connectivity index (χ3n) is 1.75. The zero-order valence-electron chi connectivity index (χ0n) is 7.27. The molecule has 1 rings (SSSR count). The molecule has 0 aliphatic carbocycles. The molecule has 0 heterocycles. The van der Waals surface area contributed by atoms with E-state index in [9.17, 15) is 0 Å². The minimum atomic E-state index is -0.0629. The second-order valence-corrected chi connectivity index (χ2v) is 2.70. The van der Waals surface area contributed by atoms with Crippen LogP contribution in [0.15, 0.2) is 24.3 Å². The van der Waals surface area contributed by atoms with Gasteiger partial charge in [0, 0.05) is 11.3 Å². The van der Waals surface area contributed by atoms with Crippen LogP contribution in [-0.4, -0.2) is 16.8 Å². The molecule has 0 unspecified atom stereocenters. The Hall–Kier alpha value is -1.32. The highest BCUT2D eigenvalue weighted by molar-refractivity contribution is 5.57. The van der Waals surface area contributed by atoms with Crippen LogP contribution in [0.4, 0.5) is 5.69 Å². The lowest BCUT2D eigenvalue weighted by Gasteiger charge is -2.02. The molecule has 3 heteroatoms. The smallest absolute Gasteiger partial charge is 0.0702 e. The molecule has 13 heavy (non-hydrogen) atoms. The van der Waals surface area contributed by atoms with Gasteiger partial charge in [0.05, 0.1) is 13.2 Å². The Bertz CT molecular complexity index is 308. The van der Waals surface area contributed by atoms with E-state index in [-0.39, 0.29) is 13.2 Å². The topological polar surface area (TPSA) is 66.5 Å². The minimum absolute atomic E-state index is 0.0127. The van der Waals surface area contributed by atoms with Gasteiger partial charge in [0.2, 0.25) is 0 Å². The Morgan fingerprint density at radius 2 is 2.08 bits per heavy atom. The maximum atomic E-state index is 8.91. The lowest BCUT2D eigenvalue weighted by Crippen LogP contribution is -1.94. The number of hydrogen-bond acceptors (Lipinski definition) is 3. The Morgan fingerprint density at radius 3 is 2.69 bits per heavy atom. The summed E-state index contributed by atoms with van der Waals surface area (Å²) in [4.78, 5) is 0. The first-order chi connectivity index (χ1) is 6.27. The summed E-state index contributed by atoms with van der Waals surface area (Å²) in [5.41, 5.74) is 7.81. The van der Waals surface area contributed by atoms with E-state index in [2.05, 4.69) is 0 Å². The quantitative estimate of drug-likeness (QED) is 0.600. The second-order valence-electron chi connectivity index (χ2n) is 2.70. The molecule has 4 N–H and O–H groups in total. The van der Waals surface area contributed by atoms with Crippen LogP contribution in [0.1, 0.15) is 11.1 Å². The maximum Gasteiger partial charge on any atom is 0.0702 e. The third-order valence-corrected chi connectivity index (χ3v) is 1.75. The first-order valence-electron chi connectivity index (χ1n) is 4.04. The molecule has 0 saturated heterocycles. The number of benzene rings is 1. The molecular formula is C10H13NO2. The van der Waals surface area contributed by atoms with Crippen LogP contribution in [-0.2, 0) is 6.61 Å². The Kier molecular flexibility index (Phi) is 3.49. The van der Waals surface area contributed by atoms with Gasteiger partial charge in [0.25, 0.3) is 0 Å². The highest BCUT2D eigenvalue weighted by Gasteiger charge is 1.96. The molecular weight excluding hydrogens is 166 g/mol. The van der Waals surface area contributed by atoms with Crippen molar-refractivity contribution in [1.82, 2.24) is 0 Å². The number of aliphatic hydroxyl groups excluding tert-OH is 2. The van der Waals surface area contributed by atoms with Crippen LogP contribution < -0.4 is 5.73 Å². The number of aliphatic hydroxyl groups is 2. The van der Waals surface area contributed by atoms with Crippen LogP contribution in [0.5, 0.6) is 0 Å². The van der Waals surface area contributed by atoms with Crippen molar-refractivity contribution in [1.29, 1.82) is 0 Å². The molecule has 3 nitrogen and oxygen atoms in total. The summed E-state index contributed by atoms with van der Waals surface area (Å²) < 4.78 is 0. The zero-order chi connectivity index (χ0) is 9.68. The van der Waals surface area contributed by atoms with E-state index in [1.165, 1.54) is 0 Å². The van der Waals surface area contributed by atoms with Gasteiger partial charge >= 0.3 is 0 Å². The van der Waals surface area contributed by atoms with Gasteiger partial charge in [0.15, 0.2) is 0 Å². The van der Waals surface area contributed by atoms with Crippen molar-refractivity contribution in [3.05, 3.63) is 35.4 Å². The summed E-state index contributed by atoms with van der Waals surface area (Å²) in [6.45, 7) is -0.0501. The highest BCUT2D eigenvalue weighted by Crippen LogP contribution is 2.14. The summed E-state index contributed by atoms with van der Waals surface area (Å²) >= 11 is 0. The van der Waals surface area contributed by atoms with Crippen LogP contribution in [0, 0.1) is 0 Å².